The molecule has 1 aromatic heterocycles. The lowest BCUT2D eigenvalue weighted by molar-refractivity contribution is 1.03. The van der Waals surface area contributed by atoms with Crippen LogP contribution in [0.2, 0.25) is 0 Å². The fraction of sp³-hybridized carbons (Fsp3) is 0. The first-order chi connectivity index (χ1) is 6.95. The van der Waals surface area contributed by atoms with Crippen LogP contribution in [-0.4, -0.2) is 4.57 Å². The Morgan fingerprint density at radius 3 is 2.93 bits per heavy atom. The predicted molar refractivity (Wildman–Crippen MR) is 60.7 cm³/mol. The largest absolute Gasteiger partial charge is 0.316 e. The van der Waals surface area contributed by atoms with E-state index in [2.05, 4.69) is 58.6 Å². The third kappa shape index (κ3) is 1.11. The van der Waals surface area contributed by atoms with Crippen LogP contribution < -0.4 is 0 Å². The molecule has 0 saturated heterocycles. The molecule has 2 heteroatoms. The van der Waals surface area contributed by atoms with Crippen LogP contribution in [0.3, 0.4) is 0 Å². The summed E-state index contributed by atoms with van der Waals surface area (Å²) in [6.07, 6.45) is 4.25. The van der Waals surface area contributed by atoms with E-state index < -0.39 is 0 Å². The van der Waals surface area contributed by atoms with Crippen molar-refractivity contribution in [1.82, 2.24) is 4.57 Å². The van der Waals surface area contributed by atoms with E-state index in [-0.39, 0.29) is 0 Å². The van der Waals surface area contributed by atoms with Crippen LogP contribution in [-0.2, 0) is 0 Å². The monoisotopic (exact) mass is 199 g/mol. The zero-order valence-electron chi connectivity index (χ0n) is 7.55. The van der Waals surface area contributed by atoms with Gasteiger partial charge < -0.3 is 4.57 Å². The summed E-state index contributed by atoms with van der Waals surface area (Å²) < 4.78 is 2.21. The molecule has 2 aromatic rings. The van der Waals surface area contributed by atoms with Crippen molar-refractivity contribution in [3.8, 4) is 5.69 Å². The van der Waals surface area contributed by atoms with E-state index in [9.17, 15) is 0 Å². The summed E-state index contributed by atoms with van der Waals surface area (Å²) >= 11 is 1.77. The quantitative estimate of drug-likeness (QED) is 0.628. The molecular formula is C12H9NS. The van der Waals surface area contributed by atoms with Gasteiger partial charge in [-0.3, -0.25) is 0 Å². The molecule has 1 aromatic carbocycles. The first-order valence-corrected chi connectivity index (χ1v) is 5.43. The highest BCUT2D eigenvalue weighted by Crippen LogP contribution is 2.31. The molecule has 0 aliphatic carbocycles. The number of aromatic nitrogens is 1. The van der Waals surface area contributed by atoms with E-state index in [1.165, 1.54) is 16.3 Å². The molecule has 2 heterocycles. The SMILES string of the molecule is C1=Cc2cccn2-c2ccccc2S1. The van der Waals surface area contributed by atoms with Gasteiger partial charge in [-0.2, -0.15) is 0 Å². The maximum atomic E-state index is 2.21. The van der Waals surface area contributed by atoms with Crippen molar-refractivity contribution in [2.45, 2.75) is 4.90 Å². The van der Waals surface area contributed by atoms with Gasteiger partial charge in [0.05, 0.1) is 5.69 Å². The zero-order valence-corrected chi connectivity index (χ0v) is 8.37. The van der Waals surface area contributed by atoms with Gasteiger partial charge in [-0.1, -0.05) is 23.9 Å². The molecule has 0 spiro atoms. The Morgan fingerprint density at radius 1 is 1.00 bits per heavy atom. The Labute approximate surface area is 87.1 Å². The normalized spacial score (nSPS) is 13.1. The number of fused-ring (bicyclic) bond motifs is 3. The third-order valence-corrected chi connectivity index (χ3v) is 3.21. The zero-order chi connectivity index (χ0) is 9.38. The van der Waals surface area contributed by atoms with Crippen molar-refractivity contribution in [1.29, 1.82) is 0 Å². The van der Waals surface area contributed by atoms with Gasteiger partial charge in [-0.05, 0) is 35.7 Å². The molecule has 0 radical (unpaired) electrons. The van der Waals surface area contributed by atoms with Gasteiger partial charge >= 0.3 is 0 Å². The lowest BCUT2D eigenvalue weighted by Crippen LogP contribution is -1.94. The van der Waals surface area contributed by atoms with E-state index in [1.54, 1.807) is 11.8 Å². The van der Waals surface area contributed by atoms with Crippen molar-refractivity contribution in [3.63, 3.8) is 0 Å². The maximum absolute atomic E-state index is 2.21. The minimum Gasteiger partial charge on any atom is -0.316 e. The van der Waals surface area contributed by atoms with Crippen LogP contribution in [0.15, 0.2) is 52.9 Å². The van der Waals surface area contributed by atoms with Crippen LogP contribution >= 0.6 is 11.8 Å². The fourth-order valence-corrected chi connectivity index (χ4v) is 2.48. The summed E-state index contributed by atoms with van der Waals surface area (Å²) in [4.78, 5) is 1.30. The standard InChI is InChI=1S/C12H9NS/c1-2-6-12-11(5-1)13-8-3-4-10(13)7-9-14-12/h1-9H. The molecule has 1 nitrogen and oxygen atoms in total. The Morgan fingerprint density at radius 2 is 1.93 bits per heavy atom. The van der Waals surface area contributed by atoms with Gasteiger partial charge in [0.15, 0.2) is 0 Å². The predicted octanol–water partition coefficient (Wildman–Crippen LogP) is 3.55. The molecule has 0 saturated carbocycles. The fourth-order valence-electron chi connectivity index (χ4n) is 1.68. The number of benzene rings is 1. The molecule has 0 fully saturated rings. The highest BCUT2D eigenvalue weighted by molar-refractivity contribution is 8.02. The first-order valence-electron chi connectivity index (χ1n) is 4.55. The van der Waals surface area contributed by atoms with Gasteiger partial charge in [-0.25, -0.2) is 0 Å². The van der Waals surface area contributed by atoms with Gasteiger partial charge in [-0.15, -0.1) is 0 Å². The molecule has 0 N–H and O–H groups in total. The second-order valence-electron chi connectivity index (χ2n) is 3.19. The van der Waals surface area contributed by atoms with E-state index in [0.29, 0.717) is 0 Å². The van der Waals surface area contributed by atoms with Crippen LogP contribution in [0.1, 0.15) is 5.69 Å². The average molecular weight is 199 g/mol. The molecule has 0 bridgehead atoms. The minimum atomic E-state index is 1.24. The molecule has 68 valence electrons. The number of thioether (sulfide) groups is 1. The van der Waals surface area contributed by atoms with Crippen molar-refractivity contribution in [2.75, 3.05) is 0 Å². The van der Waals surface area contributed by atoms with E-state index in [0.717, 1.165) is 0 Å². The van der Waals surface area contributed by atoms with Crippen molar-refractivity contribution in [2.24, 2.45) is 0 Å². The molecular weight excluding hydrogens is 190 g/mol. The lowest BCUT2D eigenvalue weighted by atomic mass is 10.3. The minimum absolute atomic E-state index is 1.24. The molecule has 1 aliphatic heterocycles. The van der Waals surface area contributed by atoms with Crippen molar-refractivity contribution >= 4 is 17.8 Å². The third-order valence-electron chi connectivity index (χ3n) is 2.34. The molecule has 0 unspecified atom stereocenters. The smallest absolute Gasteiger partial charge is 0.0594 e. The first kappa shape index (κ1) is 7.94. The Hall–Kier alpha value is -1.41. The summed E-state index contributed by atoms with van der Waals surface area (Å²) in [5.41, 5.74) is 2.50. The van der Waals surface area contributed by atoms with Crippen molar-refractivity contribution < 1.29 is 0 Å². The number of nitrogens with zero attached hydrogens (tertiary/aromatic N) is 1. The van der Waals surface area contributed by atoms with Crippen LogP contribution in [0.4, 0.5) is 0 Å². The Balaban J connectivity index is 2.33. The second kappa shape index (κ2) is 3.07. The topological polar surface area (TPSA) is 4.93 Å². The van der Waals surface area contributed by atoms with Crippen LogP contribution in [0.25, 0.3) is 11.8 Å². The van der Waals surface area contributed by atoms with Gasteiger partial charge in [0, 0.05) is 16.8 Å². The second-order valence-corrected chi connectivity index (χ2v) is 4.14. The van der Waals surface area contributed by atoms with Gasteiger partial charge in [0.2, 0.25) is 0 Å². The summed E-state index contributed by atoms with van der Waals surface area (Å²) in [5.74, 6) is 0. The Bertz CT molecular complexity index is 497. The maximum Gasteiger partial charge on any atom is 0.0594 e. The van der Waals surface area contributed by atoms with Gasteiger partial charge in [0.1, 0.15) is 0 Å². The highest BCUT2D eigenvalue weighted by atomic mass is 32.2. The number of para-hydroxylation sites is 1. The molecule has 0 amide bonds. The summed E-state index contributed by atoms with van der Waals surface area (Å²) in [7, 11) is 0. The lowest BCUT2D eigenvalue weighted by Gasteiger charge is -2.07. The summed E-state index contributed by atoms with van der Waals surface area (Å²) in [6, 6.07) is 12.7. The number of hydrogen-bond acceptors (Lipinski definition) is 1. The van der Waals surface area contributed by atoms with Gasteiger partial charge in [0.25, 0.3) is 0 Å². The van der Waals surface area contributed by atoms with E-state index in [1.807, 2.05) is 0 Å². The van der Waals surface area contributed by atoms with E-state index in [4.69, 9.17) is 0 Å². The molecule has 0 atom stereocenters. The number of hydrogen-bond donors (Lipinski definition) is 0. The van der Waals surface area contributed by atoms with Crippen molar-refractivity contribution in [3.05, 3.63) is 53.7 Å². The van der Waals surface area contributed by atoms with E-state index >= 15 is 0 Å². The summed E-state index contributed by atoms with van der Waals surface area (Å²) in [5, 5.41) is 2.14. The molecule has 1 aliphatic rings. The molecule has 3 rings (SSSR count). The average Bonchev–Trinajstić information content (AvgIpc) is 2.61. The molecule has 14 heavy (non-hydrogen) atoms. The highest BCUT2D eigenvalue weighted by Gasteiger charge is 2.08. The van der Waals surface area contributed by atoms with Crippen LogP contribution in [0, 0.1) is 0 Å². The number of rotatable bonds is 0. The summed E-state index contributed by atoms with van der Waals surface area (Å²) in [6.45, 7) is 0. The van der Waals surface area contributed by atoms with Crippen LogP contribution in [0.5, 0.6) is 0 Å². The Kier molecular flexibility index (Phi) is 1.74.